The lowest BCUT2D eigenvalue weighted by Crippen LogP contribution is -2.40. The second-order valence-corrected chi connectivity index (χ2v) is 3.42. The molecule has 0 aliphatic carbocycles. The first-order valence-corrected chi connectivity index (χ1v) is 4.93. The smallest absolute Gasteiger partial charge is 0.323 e. The van der Waals surface area contributed by atoms with Crippen LogP contribution in [0.1, 0.15) is 20.3 Å². The first-order valence-electron chi connectivity index (χ1n) is 4.93. The Morgan fingerprint density at radius 1 is 1.56 bits per heavy atom. The Bertz CT molecular complexity index is 290. The van der Waals surface area contributed by atoms with E-state index in [1.165, 1.54) is 0 Å². The Balaban J connectivity index is 4.15. The predicted octanol–water partition coefficient (Wildman–Crippen LogP) is -0.800. The minimum absolute atomic E-state index is 0.149. The van der Waals surface area contributed by atoms with Gasteiger partial charge in [-0.25, -0.2) is 5.73 Å². The van der Waals surface area contributed by atoms with Crippen molar-refractivity contribution in [3.8, 4) is 0 Å². The second kappa shape index (κ2) is 6.78. The Kier molecular flexibility index (Phi) is 6.09. The molecule has 5 N–H and O–H groups in total. The lowest BCUT2D eigenvalue weighted by atomic mass is 10.1. The lowest BCUT2D eigenvalue weighted by molar-refractivity contribution is -0.138. The van der Waals surface area contributed by atoms with Crippen LogP contribution in [0.25, 0.3) is 0 Å². The van der Waals surface area contributed by atoms with Gasteiger partial charge in [0.1, 0.15) is 6.04 Å². The first kappa shape index (κ1) is 14.4. The number of carbonyl (C=O) groups is 2. The maximum atomic E-state index is 11.3. The molecule has 7 heteroatoms. The van der Waals surface area contributed by atoms with Crippen LogP contribution < -0.4 is 16.8 Å². The fraction of sp³-hybridized carbons (Fsp3) is 0.667. The third-order valence-corrected chi connectivity index (χ3v) is 2.05. The van der Waals surface area contributed by atoms with E-state index >= 15 is 0 Å². The van der Waals surface area contributed by atoms with Gasteiger partial charge >= 0.3 is 5.97 Å². The molecule has 0 saturated carbocycles. The van der Waals surface area contributed by atoms with Crippen molar-refractivity contribution >= 4 is 17.8 Å². The maximum Gasteiger partial charge on any atom is 0.323 e. The van der Waals surface area contributed by atoms with Crippen molar-refractivity contribution in [2.45, 2.75) is 26.3 Å². The van der Waals surface area contributed by atoms with Crippen molar-refractivity contribution in [3.63, 3.8) is 0 Å². The monoisotopic (exact) mass is 229 g/mol. The second-order valence-electron chi connectivity index (χ2n) is 3.42. The van der Waals surface area contributed by atoms with Crippen molar-refractivity contribution in [1.29, 1.82) is 0 Å². The summed E-state index contributed by atoms with van der Waals surface area (Å²) < 4.78 is 0. The van der Waals surface area contributed by atoms with Gasteiger partial charge in [0.25, 0.3) is 0 Å². The molecule has 2 atom stereocenters. The van der Waals surface area contributed by atoms with Gasteiger partial charge < -0.3 is 10.8 Å². The van der Waals surface area contributed by atoms with Crippen LogP contribution >= 0.6 is 0 Å². The molecule has 0 aromatic rings. The van der Waals surface area contributed by atoms with Crippen LogP contribution in [0.15, 0.2) is 4.99 Å². The van der Waals surface area contributed by atoms with Crippen molar-refractivity contribution in [2.75, 3.05) is 6.54 Å². The zero-order valence-corrected chi connectivity index (χ0v) is 9.36. The van der Waals surface area contributed by atoms with E-state index in [-0.39, 0.29) is 24.3 Å². The van der Waals surface area contributed by atoms with Gasteiger partial charge in [0.05, 0.1) is 6.54 Å². The van der Waals surface area contributed by atoms with Crippen LogP contribution in [0.3, 0.4) is 0 Å². The Labute approximate surface area is 93.9 Å². The number of aliphatic carboxylic acids is 1. The fourth-order valence-electron chi connectivity index (χ4n) is 0.742. The average molecular weight is 229 g/mol. The minimum atomic E-state index is -1.36. The number of carboxylic acid groups (broad SMARTS) is 1. The van der Waals surface area contributed by atoms with Crippen LogP contribution in [0.2, 0.25) is 0 Å². The summed E-state index contributed by atoms with van der Waals surface area (Å²) in [4.78, 5) is 25.2. The molecule has 0 aliphatic heterocycles. The van der Waals surface area contributed by atoms with E-state index in [9.17, 15) is 9.59 Å². The summed E-state index contributed by atoms with van der Waals surface area (Å²) in [6.45, 7) is 3.33. The van der Waals surface area contributed by atoms with Crippen molar-refractivity contribution in [3.05, 3.63) is 0 Å². The standard InChI is InChI=1S/C9H17N4O3/c1-3-5(2)7(14)13-9(11)12-4-6(10)8(15)16/h5-6,10H,3-4H2,1-2H3,(H,15,16)(H3,11,12,13,14). The van der Waals surface area contributed by atoms with E-state index in [2.05, 4.69) is 10.3 Å². The van der Waals surface area contributed by atoms with E-state index in [1.54, 1.807) is 6.92 Å². The number of rotatable bonds is 5. The van der Waals surface area contributed by atoms with E-state index in [0.29, 0.717) is 6.42 Å². The number of hydrogen-bond acceptors (Lipinski definition) is 3. The highest BCUT2D eigenvalue weighted by Crippen LogP contribution is 1.98. The van der Waals surface area contributed by atoms with Gasteiger partial charge in [-0.05, 0) is 6.42 Å². The molecule has 0 bridgehead atoms. The third kappa shape index (κ3) is 5.30. The number of aliphatic imine (C=N–C) groups is 1. The Morgan fingerprint density at radius 2 is 2.12 bits per heavy atom. The molecular weight excluding hydrogens is 212 g/mol. The molecule has 0 spiro atoms. The summed E-state index contributed by atoms with van der Waals surface area (Å²) in [5.41, 5.74) is 12.4. The largest absolute Gasteiger partial charge is 0.480 e. The molecular formula is C9H17N4O3. The minimum Gasteiger partial charge on any atom is -0.480 e. The fourth-order valence-corrected chi connectivity index (χ4v) is 0.742. The van der Waals surface area contributed by atoms with E-state index in [0.717, 1.165) is 0 Å². The Morgan fingerprint density at radius 3 is 2.56 bits per heavy atom. The number of nitrogens with zero attached hydrogens (tertiary/aromatic N) is 1. The molecule has 7 nitrogen and oxygen atoms in total. The summed E-state index contributed by atoms with van der Waals surface area (Å²) in [5.74, 6) is -1.87. The lowest BCUT2D eigenvalue weighted by Gasteiger charge is -2.09. The van der Waals surface area contributed by atoms with Gasteiger partial charge in [-0.15, -0.1) is 0 Å². The molecule has 0 saturated heterocycles. The molecule has 0 aromatic carbocycles. The summed E-state index contributed by atoms with van der Waals surface area (Å²) in [7, 11) is 0. The zero-order chi connectivity index (χ0) is 12.7. The summed E-state index contributed by atoms with van der Waals surface area (Å²) >= 11 is 0. The highest BCUT2D eigenvalue weighted by atomic mass is 16.4. The van der Waals surface area contributed by atoms with Crippen LogP contribution in [-0.2, 0) is 9.59 Å². The van der Waals surface area contributed by atoms with Crippen LogP contribution in [0.4, 0.5) is 0 Å². The molecule has 0 rings (SSSR count). The highest BCUT2D eigenvalue weighted by Gasteiger charge is 2.13. The normalized spacial score (nSPS) is 15.3. The SMILES string of the molecule is CCC(C)C(=O)NC(N)=NCC([NH])C(=O)O. The van der Waals surface area contributed by atoms with Crippen LogP contribution in [0, 0.1) is 5.92 Å². The molecule has 91 valence electrons. The first-order chi connectivity index (χ1) is 7.38. The van der Waals surface area contributed by atoms with Crippen molar-refractivity contribution < 1.29 is 14.7 Å². The molecule has 0 aromatic heterocycles. The average Bonchev–Trinajstić information content (AvgIpc) is 2.24. The molecule has 0 fully saturated rings. The van der Waals surface area contributed by atoms with Crippen LogP contribution in [0.5, 0.6) is 0 Å². The molecule has 16 heavy (non-hydrogen) atoms. The summed E-state index contributed by atoms with van der Waals surface area (Å²) in [6.07, 6.45) is 0.676. The number of carboxylic acids is 1. The molecule has 1 amide bonds. The van der Waals surface area contributed by atoms with E-state index < -0.39 is 12.0 Å². The van der Waals surface area contributed by atoms with Gasteiger partial charge in [0.2, 0.25) is 5.91 Å². The maximum absolute atomic E-state index is 11.3. The number of carbonyl (C=O) groups excluding carboxylic acids is 1. The Hall–Kier alpha value is -1.63. The molecule has 0 heterocycles. The van der Waals surface area contributed by atoms with Crippen LogP contribution in [-0.4, -0.2) is 35.5 Å². The highest BCUT2D eigenvalue weighted by molar-refractivity contribution is 5.97. The summed E-state index contributed by atoms with van der Waals surface area (Å²) in [6, 6.07) is -1.36. The van der Waals surface area contributed by atoms with Gasteiger partial charge in [-0.3, -0.25) is 19.9 Å². The number of nitrogens with one attached hydrogen (secondary N) is 2. The topological polar surface area (TPSA) is 129 Å². The van der Waals surface area contributed by atoms with Crippen molar-refractivity contribution in [2.24, 2.45) is 16.6 Å². The van der Waals surface area contributed by atoms with Gasteiger partial charge in [0.15, 0.2) is 5.96 Å². The van der Waals surface area contributed by atoms with Gasteiger partial charge in [-0.1, -0.05) is 13.8 Å². The van der Waals surface area contributed by atoms with Gasteiger partial charge in [0, 0.05) is 5.92 Å². The number of nitrogens with two attached hydrogens (primary N) is 1. The van der Waals surface area contributed by atoms with E-state index in [4.69, 9.17) is 16.6 Å². The molecule has 2 unspecified atom stereocenters. The van der Waals surface area contributed by atoms with Gasteiger partial charge in [-0.2, -0.15) is 0 Å². The molecule has 0 aliphatic rings. The quantitative estimate of drug-likeness (QED) is 0.421. The predicted molar refractivity (Wildman–Crippen MR) is 58.6 cm³/mol. The van der Waals surface area contributed by atoms with E-state index in [1.807, 2.05) is 6.92 Å². The van der Waals surface area contributed by atoms with Crippen molar-refractivity contribution in [1.82, 2.24) is 11.1 Å². The number of hydrogen-bond donors (Lipinski definition) is 3. The molecule has 1 radical (unpaired) electrons. The number of guanidine groups is 1. The zero-order valence-electron chi connectivity index (χ0n) is 9.36. The third-order valence-electron chi connectivity index (χ3n) is 2.05. The number of amides is 1. The summed E-state index contributed by atoms with van der Waals surface area (Å²) in [5, 5.41) is 10.8.